The van der Waals surface area contributed by atoms with Crippen LogP contribution in [0.5, 0.6) is 0 Å². The van der Waals surface area contributed by atoms with Gasteiger partial charge in [0.15, 0.2) is 0 Å². The first-order valence-corrected chi connectivity index (χ1v) is 10.4. The number of hydrogen-bond donors (Lipinski definition) is 1. The zero-order valence-corrected chi connectivity index (χ0v) is 18.1. The molecule has 0 spiro atoms. The second kappa shape index (κ2) is 9.73. The number of carboxylic acids is 1. The first-order chi connectivity index (χ1) is 15.4. The molecule has 1 unspecified atom stereocenters. The van der Waals surface area contributed by atoms with Gasteiger partial charge in [-0.3, -0.25) is 4.79 Å². The number of halogens is 5. The lowest BCUT2D eigenvalue weighted by atomic mass is 9.86. The van der Waals surface area contributed by atoms with E-state index in [-0.39, 0.29) is 12.3 Å². The number of carboxylic acid groups (broad SMARTS) is 1. The Morgan fingerprint density at radius 3 is 1.94 bits per heavy atom. The number of hydrogen-bond acceptors (Lipinski definition) is 1. The van der Waals surface area contributed by atoms with Crippen LogP contribution in [0.3, 0.4) is 0 Å². The summed E-state index contributed by atoms with van der Waals surface area (Å²) in [6.45, 7) is 3.79. The Kier molecular flexibility index (Phi) is 7.20. The third-order valence-electron chi connectivity index (χ3n) is 5.30. The smallest absolute Gasteiger partial charge is 0.416 e. The molecule has 0 saturated carbocycles. The Hall–Kier alpha value is -3.22. The molecule has 0 aromatic heterocycles. The van der Waals surface area contributed by atoms with E-state index in [4.69, 9.17) is 0 Å². The van der Waals surface area contributed by atoms with Gasteiger partial charge in [0.25, 0.3) is 0 Å². The fourth-order valence-corrected chi connectivity index (χ4v) is 3.84. The number of carbonyl (C=O) groups is 1. The van der Waals surface area contributed by atoms with Crippen molar-refractivity contribution < 1.29 is 31.9 Å². The molecule has 3 aromatic carbocycles. The van der Waals surface area contributed by atoms with Gasteiger partial charge in [-0.2, -0.15) is 13.2 Å². The van der Waals surface area contributed by atoms with E-state index in [0.29, 0.717) is 34.2 Å². The molecular weight excluding hydrogens is 439 g/mol. The predicted octanol–water partition coefficient (Wildman–Crippen LogP) is 7.46. The van der Waals surface area contributed by atoms with Crippen molar-refractivity contribution in [1.29, 1.82) is 0 Å². The first-order valence-electron chi connectivity index (χ1n) is 10.4. The highest BCUT2D eigenvalue weighted by atomic mass is 19.4. The summed E-state index contributed by atoms with van der Waals surface area (Å²) < 4.78 is 66.2. The van der Waals surface area contributed by atoms with E-state index in [2.05, 4.69) is 0 Å². The quantitative estimate of drug-likeness (QED) is 0.370. The van der Waals surface area contributed by atoms with E-state index < -0.39 is 35.3 Å². The maximum absolute atomic E-state index is 13.7. The Balaban J connectivity index is 2.09. The summed E-state index contributed by atoms with van der Waals surface area (Å²) in [5.41, 5.74) is 1.66. The average Bonchev–Trinajstić information content (AvgIpc) is 2.70. The van der Waals surface area contributed by atoms with Crippen molar-refractivity contribution in [2.75, 3.05) is 0 Å². The molecule has 0 saturated heterocycles. The first kappa shape index (κ1) is 24.4. The lowest BCUT2D eigenvalue weighted by Crippen LogP contribution is -2.14. The SMILES string of the molecule is CC(C)CC(C(=O)O)c1cc(Cc2cc(F)cc(F)c2)cc(-c2ccc(C(F)(F)F)cc2)c1. The van der Waals surface area contributed by atoms with Crippen LogP contribution >= 0.6 is 0 Å². The number of rotatable bonds is 7. The van der Waals surface area contributed by atoms with Gasteiger partial charge >= 0.3 is 12.1 Å². The number of benzene rings is 3. The average molecular weight is 462 g/mol. The van der Waals surface area contributed by atoms with Gasteiger partial charge < -0.3 is 5.11 Å². The topological polar surface area (TPSA) is 37.3 Å². The van der Waals surface area contributed by atoms with Crippen molar-refractivity contribution in [2.45, 2.75) is 38.8 Å². The molecule has 0 heterocycles. The van der Waals surface area contributed by atoms with E-state index in [1.165, 1.54) is 24.3 Å². The molecule has 0 radical (unpaired) electrons. The van der Waals surface area contributed by atoms with E-state index in [1.807, 2.05) is 13.8 Å². The molecular formula is C26H23F5O2. The highest BCUT2D eigenvalue weighted by Gasteiger charge is 2.30. The summed E-state index contributed by atoms with van der Waals surface area (Å²) in [7, 11) is 0. The Bertz CT molecular complexity index is 1110. The van der Waals surface area contributed by atoms with Gasteiger partial charge in [-0.15, -0.1) is 0 Å². The lowest BCUT2D eigenvalue weighted by molar-refractivity contribution is -0.139. The highest BCUT2D eigenvalue weighted by Crippen LogP contribution is 2.34. The molecule has 2 nitrogen and oxygen atoms in total. The molecule has 1 N–H and O–H groups in total. The van der Waals surface area contributed by atoms with Crippen molar-refractivity contribution in [3.63, 3.8) is 0 Å². The molecule has 1 atom stereocenters. The van der Waals surface area contributed by atoms with Crippen molar-refractivity contribution in [3.05, 3.63) is 94.6 Å². The summed E-state index contributed by atoms with van der Waals surface area (Å²) in [4.78, 5) is 12.0. The summed E-state index contributed by atoms with van der Waals surface area (Å²) in [6.07, 6.45) is -3.98. The minimum absolute atomic E-state index is 0.0848. The summed E-state index contributed by atoms with van der Waals surface area (Å²) in [5, 5.41) is 9.79. The maximum Gasteiger partial charge on any atom is 0.416 e. The molecule has 0 aliphatic carbocycles. The second-order valence-electron chi connectivity index (χ2n) is 8.51. The van der Waals surface area contributed by atoms with Gasteiger partial charge in [0.1, 0.15) is 11.6 Å². The predicted molar refractivity (Wildman–Crippen MR) is 116 cm³/mol. The van der Waals surface area contributed by atoms with Gasteiger partial charge in [-0.05, 0) is 70.8 Å². The third kappa shape index (κ3) is 6.40. The van der Waals surface area contributed by atoms with Crippen molar-refractivity contribution in [1.82, 2.24) is 0 Å². The molecule has 174 valence electrons. The third-order valence-corrected chi connectivity index (χ3v) is 5.30. The van der Waals surface area contributed by atoms with Crippen LogP contribution in [0.15, 0.2) is 60.7 Å². The van der Waals surface area contributed by atoms with Crippen LogP contribution in [0.2, 0.25) is 0 Å². The van der Waals surface area contributed by atoms with Gasteiger partial charge in [-0.1, -0.05) is 44.2 Å². The fraction of sp³-hybridized carbons (Fsp3) is 0.269. The van der Waals surface area contributed by atoms with Crippen molar-refractivity contribution in [2.24, 2.45) is 5.92 Å². The van der Waals surface area contributed by atoms with Crippen LogP contribution in [-0.2, 0) is 17.4 Å². The van der Waals surface area contributed by atoms with Gasteiger partial charge in [-0.25, -0.2) is 8.78 Å². The number of alkyl halides is 3. The van der Waals surface area contributed by atoms with Crippen LogP contribution in [0.25, 0.3) is 11.1 Å². The number of aliphatic carboxylic acids is 1. The molecule has 0 bridgehead atoms. The molecule has 33 heavy (non-hydrogen) atoms. The van der Waals surface area contributed by atoms with Crippen LogP contribution < -0.4 is 0 Å². The Morgan fingerprint density at radius 1 is 0.848 bits per heavy atom. The van der Waals surface area contributed by atoms with Crippen LogP contribution in [0, 0.1) is 17.6 Å². The molecule has 0 amide bonds. The monoisotopic (exact) mass is 462 g/mol. The van der Waals surface area contributed by atoms with Crippen molar-refractivity contribution in [3.8, 4) is 11.1 Å². The zero-order valence-electron chi connectivity index (χ0n) is 18.1. The van der Waals surface area contributed by atoms with E-state index in [9.17, 15) is 31.9 Å². The molecule has 0 fully saturated rings. The molecule has 3 aromatic rings. The normalized spacial score (nSPS) is 12.7. The minimum atomic E-state index is -4.47. The minimum Gasteiger partial charge on any atom is -0.481 e. The van der Waals surface area contributed by atoms with Crippen LogP contribution in [0.1, 0.15) is 48.4 Å². The Morgan fingerprint density at radius 2 is 1.42 bits per heavy atom. The van der Waals surface area contributed by atoms with Crippen molar-refractivity contribution >= 4 is 5.97 Å². The maximum atomic E-state index is 13.7. The molecule has 0 aliphatic heterocycles. The van der Waals surface area contributed by atoms with Gasteiger partial charge in [0.2, 0.25) is 0 Å². The summed E-state index contributed by atoms with van der Waals surface area (Å²) in [6, 6.07) is 12.7. The molecule has 7 heteroatoms. The fourth-order valence-electron chi connectivity index (χ4n) is 3.84. The second-order valence-corrected chi connectivity index (χ2v) is 8.51. The highest BCUT2D eigenvalue weighted by molar-refractivity contribution is 5.77. The van der Waals surface area contributed by atoms with E-state index in [0.717, 1.165) is 18.2 Å². The van der Waals surface area contributed by atoms with Gasteiger partial charge in [0.05, 0.1) is 11.5 Å². The Labute approximate surface area is 188 Å². The lowest BCUT2D eigenvalue weighted by Gasteiger charge is -2.18. The molecule has 3 rings (SSSR count). The zero-order chi connectivity index (χ0) is 24.3. The van der Waals surface area contributed by atoms with Crippen LogP contribution in [-0.4, -0.2) is 11.1 Å². The molecule has 0 aliphatic rings. The van der Waals surface area contributed by atoms with Gasteiger partial charge in [0, 0.05) is 6.07 Å². The van der Waals surface area contributed by atoms with E-state index in [1.54, 1.807) is 18.2 Å². The van der Waals surface area contributed by atoms with Crippen LogP contribution in [0.4, 0.5) is 22.0 Å². The van der Waals surface area contributed by atoms with E-state index >= 15 is 0 Å². The standard InChI is InChI=1S/C26H23F5O2/c1-15(2)7-24(25(32)33)20-10-16(8-17-11-22(27)14-23(28)12-17)9-19(13-20)18-3-5-21(6-4-18)26(29,30)31/h3-6,9-15,24H,7-8H2,1-2H3,(H,32,33). The largest absolute Gasteiger partial charge is 0.481 e. The summed E-state index contributed by atoms with van der Waals surface area (Å²) in [5.74, 6) is -3.22. The summed E-state index contributed by atoms with van der Waals surface area (Å²) >= 11 is 0.